The zero-order chi connectivity index (χ0) is 10.8. The predicted octanol–water partition coefficient (Wildman–Crippen LogP) is 1.66. The summed E-state index contributed by atoms with van der Waals surface area (Å²) in [6.45, 7) is 4.13. The number of hydrogen-bond acceptors (Lipinski definition) is 4. The molecule has 0 radical (unpaired) electrons. The fraction of sp³-hybridized carbons (Fsp3) is 0.600. The maximum atomic E-state index is 4.37. The Morgan fingerprint density at radius 2 is 2.40 bits per heavy atom. The van der Waals surface area contributed by atoms with Crippen LogP contribution in [0.15, 0.2) is 10.7 Å². The fourth-order valence-electron chi connectivity index (χ4n) is 1.80. The highest BCUT2D eigenvalue weighted by Crippen LogP contribution is 2.21. The second-order valence-corrected chi connectivity index (χ2v) is 4.86. The minimum absolute atomic E-state index is 0.501. The Kier molecular flexibility index (Phi) is 3.21. The van der Waals surface area contributed by atoms with Crippen LogP contribution in [-0.2, 0) is 0 Å². The fourth-order valence-corrected chi connectivity index (χ4v) is 2.11. The van der Waals surface area contributed by atoms with E-state index in [4.69, 9.17) is 0 Å². The molecular weight excluding hydrogens is 256 g/mol. The van der Waals surface area contributed by atoms with Crippen molar-refractivity contribution in [2.75, 3.05) is 25.5 Å². The van der Waals surface area contributed by atoms with Crippen LogP contribution in [0.1, 0.15) is 12.2 Å². The number of nitrogens with one attached hydrogen (secondary N) is 1. The lowest BCUT2D eigenvalue weighted by atomic mass is 10.2. The van der Waals surface area contributed by atoms with Crippen LogP contribution in [0, 0.1) is 6.92 Å². The molecule has 1 aliphatic rings. The Balaban J connectivity index is 2.07. The molecule has 1 fully saturated rings. The molecule has 1 atom stereocenters. The predicted molar refractivity (Wildman–Crippen MR) is 64.0 cm³/mol. The Labute approximate surface area is 98.2 Å². The van der Waals surface area contributed by atoms with E-state index in [-0.39, 0.29) is 0 Å². The van der Waals surface area contributed by atoms with Crippen LogP contribution in [0.2, 0.25) is 0 Å². The molecule has 2 rings (SSSR count). The molecule has 0 aromatic carbocycles. The summed E-state index contributed by atoms with van der Waals surface area (Å²) in [7, 11) is 2.14. The minimum Gasteiger partial charge on any atom is -0.365 e. The second kappa shape index (κ2) is 4.45. The van der Waals surface area contributed by atoms with Crippen molar-refractivity contribution in [3.63, 3.8) is 0 Å². The molecule has 15 heavy (non-hydrogen) atoms. The summed E-state index contributed by atoms with van der Waals surface area (Å²) in [5.41, 5.74) is 0. The van der Waals surface area contributed by atoms with Crippen LogP contribution in [-0.4, -0.2) is 41.0 Å². The maximum absolute atomic E-state index is 4.37. The lowest BCUT2D eigenvalue weighted by Gasteiger charge is -2.14. The number of nitrogens with zero attached hydrogens (tertiary/aromatic N) is 3. The van der Waals surface area contributed by atoms with Crippen molar-refractivity contribution in [1.82, 2.24) is 14.9 Å². The van der Waals surface area contributed by atoms with Gasteiger partial charge in [-0.15, -0.1) is 0 Å². The van der Waals surface area contributed by atoms with E-state index in [0.717, 1.165) is 29.2 Å². The van der Waals surface area contributed by atoms with Crippen molar-refractivity contribution in [2.45, 2.75) is 19.4 Å². The van der Waals surface area contributed by atoms with Crippen molar-refractivity contribution in [2.24, 2.45) is 0 Å². The van der Waals surface area contributed by atoms with Crippen molar-refractivity contribution in [1.29, 1.82) is 0 Å². The molecule has 1 aromatic heterocycles. The number of likely N-dealkylation sites (tertiary alicyclic amines) is 1. The van der Waals surface area contributed by atoms with Gasteiger partial charge in [0.05, 0.1) is 4.47 Å². The number of anilines is 1. The molecule has 1 saturated heterocycles. The third-order valence-electron chi connectivity index (χ3n) is 2.60. The first kappa shape index (κ1) is 10.8. The number of likely N-dealkylation sites (N-methyl/N-ethyl adjacent to an activating group) is 1. The molecule has 5 heteroatoms. The normalized spacial score (nSPS) is 21.9. The van der Waals surface area contributed by atoms with E-state index < -0.39 is 0 Å². The van der Waals surface area contributed by atoms with Crippen LogP contribution in [0.25, 0.3) is 0 Å². The standard InChI is InChI=1S/C10H15BrN4/c1-7-12-5-9(11)10(13-7)14-8-3-4-15(2)6-8/h5,8H,3-4,6H2,1-2H3,(H,12,13,14). The number of rotatable bonds is 2. The van der Waals surface area contributed by atoms with Crippen LogP contribution in [0.4, 0.5) is 5.82 Å². The SMILES string of the molecule is Cc1ncc(Br)c(NC2CCN(C)C2)n1. The summed E-state index contributed by atoms with van der Waals surface area (Å²) in [4.78, 5) is 10.8. The highest BCUT2D eigenvalue weighted by atomic mass is 79.9. The van der Waals surface area contributed by atoms with Crippen LogP contribution in [0.3, 0.4) is 0 Å². The second-order valence-electron chi connectivity index (χ2n) is 4.01. The molecule has 0 bridgehead atoms. The largest absolute Gasteiger partial charge is 0.365 e. The lowest BCUT2D eigenvalue weighted by Crippen LogP contribution is -2.24. The van der Waals surface area contributed by atoms with E-state index in [1.54, 1.807) is 6.20 Å². The summed E-state index contributed by atoms with van der Waals surface area (Å²) in [5, 5.41) is 3.44. The first-order valence-corrected chi connectivity index (χ1v) is 5.88. The molecule has 1 N–H and O–H groups in total. The van der Waals surface area contributed by atoms with E-state index >= 15 is 0 Å². The van der Waals surface area contributed by atoms with Gasteiger partial charge < -0.3 is 10.2 Å². The molecule has 1 unspecified atom stereocenters. The Morgan fingerprint density at radius 1 is 1.60 bits per heavy atom. The molecule has 1 aliphatic heterocycles. The monoisotopic (exact) mass is 270 g/mol. The number of aryl methyl sites for hydroxylation is 1. The van der Waals surface area contributed by atoms with E-state index in [1.165, 1.54) is 6.42 Å². The van der Waals surface area contributed by atoms with E-state index in [2.05, 4.69) is 43.2 Å². The molecule has 0 saturated carbocycles. The molecular formula is C10H15BrN4. The van der Waals surface area contributed by atoms with Gasteiger partial charge in [0.15, 0.2) is 0 Å². The first-order valence-electron chi connectivity index (χ1n) is 5.09. The maximum Gasteiger partial charge on any atom is 0.144 e. The molecule has 4 nitrogen and oxygen atoms in total. The zero-order valence-electron chi connectivity index (χ0n) is 9.00. The van der Waals surface area contributed by atoms with E-state index in [1.807, 2.05) is 6.92 Å². The molecule has 0 aliphatic carbocycles. The van der Waals surface area contributed by atoms with Gasteiger partial charge in [0, 0.05) is 18.8 Å². The van der Waals surface area contributed by atoms with Gasteiger partial charge in [0.25, 0.3) is 0 Å². The average molecular weight is 271 g/mol. The minimum atomic E-state index is 0.501. The van der Waals surface area contributed by atoms with Crippen molar-refractivity contribution >= 4 is 21.7 Å². The van der Waals surface area contributed by atoms with Gasteiger partial charge >= 0.3 is 0 Å². The molecule has 0 spiro atoms. The van der Waals surface area contributed by atoms with E-state index in [0.29, 0.717) is 6.04 Å². The Morgan fingerprint density at radius 3 is 3.07 bits per heavy atom. The molecule has 0 amide bonds. The zero-order valence-corrected chi connectivity index (χ0v) is 10.6. The average Bonchev–Trinajstić information content (AvgIpc) is 2.58. The van der Waals surface area contributed by atoms with Crippen molar-refractivity contribution in [3.8, 4) is 0 Å². The van der Waals surface area contributed by atoms with Gasteiger partial charge in [-0.3, -0.25) is 0 Å². The quantitative estimate of drug-likeness (QED) is 0.888. The summed E-state index contributed by atoms with van der Waals surface area (Å²) < 4.78 is 0.933. The topological polar surface area (TPSA) is 41.1 Å². The van der Waals surface area contributed by atoms with Gasteiger partial charge in [-0.05, 0) is 42.9 Å². The summed E-state index contributed by atoms with van der Waals surface area (Å²) in [5.74, 6) is 1.70. The summed E-state index contributed by atoms with van der Waals surface area (Å²) in [6, 6.07) is 0.501. The van der Waals surface area contributed by atoms with Crippen molar-refractivity contribution < 1.29 is 0 Å². The highest BCUT2D eigenvalue weighted by Gasteiger charge is 2.20. The number of halogens is 1. The Hall–Kier alpha value is -0.680. The van der Waals surface area contributed by atoms with Gasteiger partial charge in [-0.2, -0.15) is 0 Å². The van der Waals surface area contributed by atoms with Gasteiger partial charge in [-0.1, -0.05) is 0 Å². The summed E-state index contributed by atoms with van der Waals surface area (Å²) in [6.07, 6.45) is 2.97. The highest BCUT2D eigenvalue weighted by molar-refractivity contribution is 9.10. The third-order valence-corrected chi connectivity index (χ3v) is 3.18. The molecule has 82 valence electrons. The van der Waals surface area contributed by atoms with Gasteiger partial charge in [-0.25, -0.2) is 9.97 Å². The van der Waals surface area contributed by atoms with Crippen LogP contribution >= 0.6 is 15.9 Å². The van der Waals surface area contributed by atoms with Crippen LogP contribution < -0.4 is 5.32 Å². The van der Waals surface area contributed by atoms with Crippen LogP contribution in [0.5, 0.6) is 0 Å². The number of hydrogen-bond donors (Lipinski definition) is 1. The number of aromatic nitrogens is 2. The Bertz CT molecular complexity index is 355. The smallest absolute Gasteiger partial charge is 0.144 e. The van der Waals surface area contributed by atoms with E-state index in [9.17, 15) is 0 Å². The lowest BCUT2D eigenvalue weighted by molar-refractivity contribution is 0.414. The molecule has 2 heterocycles. The van der Waals surface area contributed by atoms with Gasteiger partial charge in [0.2, 0.25) is 0 Å². The summed E-state index contributed by atoms with van der Waals surface area (Å²) >= 11 is 3.45. The van der Waals surface area contributed by atoms with Crippen molar-refractivity contribution in [3.05, 3.63) is 16.5 Å². The molecule has 1 aromatic rings. The first-order chi connectivity index (χ1) is 7.15. The van der Waals surface area contributed by atoms with Gasteiger partial charge in [0.1, 0.15) is 11.6 Å². The third kappa shape index (κ3) is 2.66.